The maximum atomic E-state index is 13.9. The van der Waals surface area contributed by atoms with E-state index in [1.807, 2.05) is 13.8 Å². The summed E-state index contributed by atoms with van der Waals surface area (Å²) in [6.07, 6.45) is 0. The number of anilines is 1. The zero-order valence-corrected chi connectivity index (χ0v) is 14.9. The molecule has 0 saturated carbocycles. The van der Waals surface area contributed by atoms with Crippen LogP contribution in [0.2, 0.25) is 0 Å². The van der Waals surface area contributed by atoms with Crippen LogP contribution in [0, 0.1) is 5.82 Å². The minimum absolute atomic E-state index is 0.0738. The third-order valence-electron chi connectivity index (χ3n) is 3.03. The van der Waals surface area contributed by atoms with Gasteiger partial charge in [-0.3, -0.25) is 4.72 Å². The highest BCUT2D eigenvalue weighted by Crippen LogP contribution is 2.20. The van der Waals surface area contributed by atoms with Crippen LogP contribution in [0.25, 0.3) is 0 Å². The molecular formula is C13H22FN3O4S2. The van der Waals surface area contributed by atoms with Crippen molar-refractivity contribution in [3.63, 3.8) is 0 Å². The summed E-state index contributed by atoms with van der Waals surface area (Å²) in [5.41, 5.74) is -0.285. The van der Waals surface area contributed by atoms with Crippen LogP contribution in [0.3, 0.4) is 0 Å². The van der Waals surface area contributed by atoms with Gasteiger partial charge in [-0.15, -0.1) is 0 Å². The maximum absolute atomic E-state index is 13.9. The lowest BCUT2D eigenvalue weighted by atomic mass is 10.3. The predicted octanol–water partition coefficient (Wildman–Crippen LogP) is 0.864. The summed E-state index contributed by atoms with van der Waals surface area (Å²) in [7, 11) is -7.50. The first-order chi connectivity index (χ1) is 10.6. The summed E-state index contributed by atoms with van der Waals surface area (Å²) in [4.78, 5) is -0.266. The largest absolute Gasteiger partial charge is 0.313 e. The number of sulfonamides is 2. The van der Waals surface area contributed by atoms with Crippen LogP contribution in [0.5, 0.6) is 0 Å². The molecule has 1 aromatic carbocycles. The number of halogens is 1. The van der Waals surface area contributed by atoms with Crippen LogP contribution in [-0.2, 0) is 20.0 Å². The van der Waals surface area contributed by atoms with Gasteiger partial charge in [0.2, 0.25) is 20.0 Å². The van der Waals surface area contributed by atoms with E-state index >= 15 is 0 Å². The second-order valence-electron chi connectivity index (χ2n) is 4.96. The van der Waals surface area contributed by atoms with Gasteiger partial charge in [-0.05, 0) is 38.6 Å². The smallest absolute Gasteiger partial charge is 0.240 e. The van der Waals surface area contributed by atoms with Crippen LogP contribution in [0.4, 0.5) is 10.1 Å². The lowest BCUT2D eigenvalue weighted by molar-refractivity contribution is 0.535. The highest BCUT2D eigenvalue weighted by atomic mass is 32.2. The summed E-state index contributed by atoms with van der Waals surface area (Å²) < 4.78 is 65.4. The van der Waals surface area contributed by atoms with Gasteiger partial charge in [0.25, 0.3) is 0 Å². The Kier molecular flexibility index (Phi) is 6.93. The summed E-state index contributed by atoms with van der Waals surface area (Å²) in [5, 5.41) is 3.04. The van der Waals surface area contributed by atoms with E-state index in [1.165, 1.54) is 6.92 Å². The number of likely N-dealkylation sites (N-methyl/N-ethyl adjacent to an activating group) is 1. The van der Waals surface area contributed by atoms with E-state index in [0.717, 1.165) is 18.2 Å². The molecule has 0 bridgehead atoms. The Morgan fingerprint density at radius 1 is 1.17 bits per heavy atom. The van der Waals surface area contributed by atoms with E-state index in [4.69, 9.17) is 0 Å². The summed E-state index contributed by atoms with van der Waals surface area (Å²) in [6.45, 7) is 5.98. The fourth-order valence-corrected chi connectivity index (χ4v) is 3.51. The molecule has 0 fully saturated rings. The van der Waals surface area contributed by atoms with Gasteiger partial charge in [-0.25, -0.2) is 25.9 Å². The standard InChI is InChI=1S/C13H22FN3O4S2/c1-4-15-10(3)9-16-23(20,21)11-6-7-13(12(14)8-11)17-22(18,19)5-2/h6-8,10,15-17H,4-5,9H2,1-3H3/t10-/m1/s1. The highest BCUT2D eigenvalue weighted by molar-refractivity contribution is 7.92. The van der Waals surface area contributed by atoms with Crippen LogP contribution in [0.1, 0.15) is 20.8 Å². The number of hydrogen-bond acceptors (Lipinski definition) is 5. The number of rotatable bonds is 9. The van der Waals surface area contributed by atoms with Crippen LogP contribution in [-0.4, -0.2) is 41.7 Å². The Hall–Kier alpha value is -1.23. The van der Waals surface area contributed by atoms with Crippen molar-refractivity contribution in [3.05, 3.63) is 24.0 Å². The average Bonchev–Trinajstić information content (AvgIpc) is 2.47. The molecule has 3 N–H and O–H groups in total. The molecule has 0 heterocycles. The van der Waals surface area contributed by atoms with Crippen molar-refractivity contribution in [3.8, 4) is 0 Å². The van der Waals surface area contributed by atoms with Gasteiger partial charge in [0.1, 0.15) is 5.82 Å². The minimum atomic E-state index is -3.87. The van der Waals surface area contributed by atoms with Gasteiger partial charge in [0, 0.05) is 12.6 Å². The molecule has 0 aliphatic carbocycles. The summed E-state index contributed by atoms with van der Waals surface area (Å²) in [5.74, 6) is -1.17. The molecule has 0 aliphatic heterocycles. The first kappa shape index (κ1) is 19.8. The summed E-state index contributed by atoms with van der Waals surface area (Å²) >= 11 is 0. The molecule has 132 valence electrons. The van der Waals surface area contributed by atoms with Gasteiger partial charge in [-0.1, -0.05) is 6.92 Å². The van der Waals surface area contributed by atoms with Crippen molar-refractivity contribution >= 4 is 25.7 Å². The molecule has 0 amide bonds. The third-order valence-corrected chi connectivity index (χ3v) is 5.74. The number of hydrogen-bond donors (Lipinski definition) is 3. The Morgan fingerprint density at radius 3 is 2.35 bits per heavy atom. The first-order valence-electron chi connectivity index (χ1n) is 7.14. The fourth-order valence-electron chi connectivity index (χ4n) is 1.72. The number of benzene rings is 1. The zero-order valence-electron chi connectivity index (χ0n) is 13.3. The molecular weight excluding hydrogens is 345 g/mol. The molecule has 0 spiro atoms. The molecule has 0 saturated heterocycles. The van der Waals surface area contributed by atoms with Crippen molar-refractivity contribution in [2.75, 3.05) is 23.6 Å². The Balaban J connectivity index is 2.91. The van der Waals surface area contributed by atoms with Gasteiger partial charge in [0.05, 0.1) is 16.3 Å². The van der Waals surface area contributed by atoms with Crippen molar-refractivity contribution in [2.24, 2.45) is 0 Å². The quantitative estimate of drug-likeness (QED) is 0.601. The van der Waals surface area contributed by atoms with E-state index in [1.54, 1.807) is 0 Å². The molecule has 23 heavy (non-hydrogen) atoms. The Labute approximate surface area is 136 Å². The van der Waals surface area contributed by atoms with Crippen LogP contribution >= 0.6 is 0 Å². The third kappa shape index (κ3) is 6.05. The number of nitrogens with one attached hydrogen (secondary N) is 3. The van der Waals surface area contributed by atoms with Gasteiger partial charge in [-0.2, -0.15) is 0 Å². The van der Waals surface area contributed by atoms with E-state index < -0.39 is 25.9 Å². The predicted molar refractivity (Wildman–Crippen MR) is 87.8 cm³/mol. The minimum Gasteiger partial charge on any atom is -0.313 e. The lowest BCUT2D eigenvalue weighted by Gasteiger charge is -2.14. The molecule has 7 nitrogen and oxygen atoms in total. The molecule has 0 radical (unpaired) electrons. The van der Waals surface area contributed by atoms with E-state index in [2.05, 4.69) is 14.8 Å². The van der Waals surface area contributed by atoms with Crippen molar-refractivity contribution in [2.45, 2.75) is 31.7 Å². The lowest BCUT2D eigenvalue weighted by Crippen LogP contribution is -2.38. The molecule has 1 aromatic rings. The van der Waals surface area contributed by atoms with Crippen LogP contribution < -0.4 is 14.8 Å². The zero-order chi connectivity index (χ0) is 17.7. The van der Waals surface area contributed by atoms with E-state index in [9.17, 15) is 21.2 Å². The second kappa shape index (κ2) is 8.04. The molecule has 0 aliphatic rings. The topological polar surface area (TPSA) is 104 Å². The SMILES string of the molecule is CCN[C@H](C)CNS(=O)(=O)c1ccc(NS(=O)(=O)CC)c(F)c1. The second-order valence-corrected chi connectivity index (χ2v) is 8.74. The molecule has 0 unspecified atom stereocenters. The average molecular weight is 367 g/mol. The van der Waals surface area contributed by atoms with Gasteiger partial charge < -0.3 is 5.32 Å². The highest BCUT2D eigenvalue weighted by Gasteiger charge is 2.18. The molecule has 1 rings (SSSR count). The Bertz CT molecular complexity index is 736. The Morgan fingerprint density at radius 2 is 1.83 bits per heavy atom. The van der Waals surface area contributed by atoms with Crippen molar-refractivity contribution in [1.29, 1.82) is 0 Å². The van der Waals surface area contributed by atoms with Gasteiger partial charge in [0.15, 0.2) is 0 Å². The molecule has 1 atom stereocenters. The van der Waals surface area contributed by atoms with E-state index in [-0.39, 0.29) is 28.9 Å². The normalized spacial score (nSPS) is 13.7. The summed E-state index contributed by atoms with van der Waals surface area (Å²) in [6, 6.07) is 2.95. The first-order valence-corrected chi connectivity index (χ1v) is 10.3. The monoisotopic (exact) mass is 367 g/mol. The van der Waals surface area contributed by atoms with Crippen molar-refractivity contribution in [1.82, 2.24) is 10.0 Å². The van der Waals surface area contributed by atoms with Gasteiger partial charge >= 0.3 is 0 Å². The van der Waals surface area contributed by atoms with Crippen molar-refractivity contribution < 1.29 is 21.2 Å². The molecule has 0 aromatic heterocycles. The van der Waals surface area contributed by atoms with E-state index in [0.29, 0.717) is 6.54 Å². The molecule has 10 heteroatoms. The fraction of sp³-hybridized carbons (Fsp3) is 0.538. The maximum Gasteiger partial charge on any atom is 0.240 e. The van der Waals surface area contributed by atoms with Crippen LogP contribution in [0.15, 0.2) is 23.1 Å².